The average Bonchev–Trinajstić information content (AvgIpc) is 2.60. The quantitative estimate of drug-likeness (QED) is 0.716. The number of carbonyl (C=O) groups is 1. The number of allylic oxidation sites excluding steroid dienone is 1. The highest BCUT2D eigenvalue weighted by Crippen LogP contribution is 2.25. The summed E-state index contributed by atoms with van der Waals surface area (Å²) in [6.07, 6.45) is 5.84. The van der Waals surface area contributed by atoms with Gasteiger partial charge < -0.3 is 9.64 Å². The van der Waals surface area contributed by atoms with Gasteiger partial charge in [0.05, 0.1) is 6.04 Å². The molecule has 0 aliphatic carbocycles. The maximum absolute atomic E-state index is 12.3. The van der Waals surface area contributed by atoms with E-state index in [-0.39, 0.29) is 11.9 Å². The summed E-state index contributed by atoms with van der Waals surface area (Å²) in [5.74, 6) is 1.17. The van der Waals surface area contributed by atoms with E-state index in [2.05, 4.69) is 32.6 Å². The SMILES string of the molecule is C=C(C)c1ccc(OCC2CCCCN2C(=O)CCC)cc1CC. The van der Waals surface area contributed by atoms with Crippen LogP contribution in [0.1, 0.15) is 64.0 Å². The summed E-state index contributed by atoms with van der Waals surface area (Å²) in [6, 6.07) is 6.44. The Bertz CT molecular complexity index is 579. The third-order valence-corrected chi connectivity index (χ3v) is 4.77. The van der Waals surface area contributed by atoms with Crippen LogP contribution in [0.25, 0.3) is 5.57 Å². The highest BCUT2D eigenvalue weighted by Gasteiger charge is 2.26. The molecule has 1 aliphatic heterocycles. The minimum absolute atomic E-state index is 0.212. The second-order valence-electron chi connectivity index (χ2n) is 6.75. The third kappa shape index (κ3) is 4.62. The van der Waals surface area contributed by atoms with Crippen LogP contribution in [0.15, 0.2) is 24.8 Å². The van der Waals surface area contributed by atoms with Gasteiger partial charge in [0.15, 0.2) is 0 Å². The Morgan fingerprint density at radius 3 is 2.79 bits per heavy atom. The van der Waals surface area contributed by atoms with Gasteiger partial charge in [-0.15, -0.1) is 0 Å². The number of aryl methyl sites for hydroxylation is 1. The summed E-state index contributed by atoms with van der Waals surface area (Å²) in [7, 11) is 0. The van der Waals surface area contributed by atoms with Gasteiger partial charge in [0.1, 0.15) is 12.4 Å². The predicted octanol–water partition coefficient (Wildman–Crippen LogP) is 4.84. The van der Waals surface area contributed by atoms with Crippen LogP contribution in [0.4, 0.5) is 0 Å². The van der Waals surface area contributed by atoms with Crippen molar-refractivity contribution in [3.8, 4) is 5.75 Å². The molecule has 1 heterocycles. The predicted molar refractivity (Wildman–Crippen MR) is 100 cm³/mol. The minimum atomic E-state index is 0.212. The van der Waals surface area contributed by atoms with E-state index >= 15 is 0 Å². The van der Waals surface area contributed by atoms with Crippen LogP contribution < -0.4 is 4.74 Å². The van der Waals surface area contributed by atoms with Crippen LogP contribution in [0.2, 0.25) is 0 Å². The monoisotopic (exact) mass is 329 g/mol. The Morgan fingerprint density at radius 1 is 1.33 bits per heavy atom. The standard InChI is InChI=1S/C21H31NO2/c1-5-9-21(23)22-13-8-7-10-18(22)15-24-19-11-12-20(16(3)4)17(6-2)14-19/h11-12,14,18H,3,5-10,13,15H2,1-2,4H3. The van der Waals surface area contributed by atoms with Gasteiger partial charge in [-0.2, -0.15) is 0 Å². The molecule has 132 valence electrons. The lowest BCUT2D eigenvalue weighted by molar-refractivity contribution is -0.135. The molecule has 24 heavy (non-hydrogen) atoms. The first kappa shape index (κ1) is 18.6. The molecule has 1 amide bonds. The Labute approximate surface area is 146 Å². The Hall–Kier alpha value is -1.77. The zero-order valence-electron chi connectivity index (χ0n) is 15.4. The summed E-state index contributed by atoms with van der Waals surface area (Å²) < 4.78 is 6.06. The van der Waals surface area contributed by atoms with Gasteiger partial charge in [-0.05, 0) is 62.3 Å². The van der Waals surface area contributed by atoms with Gasteiger partial charge in [0, 0.05) is 13.0 Å². The van der Waals surface area contributed by atoms with E-state index in [4.69, 9.17) is 4.74 Å². The Balaban J connectivity index is 2.03. The molecule has 1 fully saturated rings. The molecular formula is C21H31NO2. The molecule has 1 unspecified atom stereocenters. The number of piperidine rings is 1. The van der Waals surface area contributed by atoms with E-state index in [1.807, 2.05) is 17.9 Å². The molecule has 2 rings (SSSR count). The van der Waals surface area contributed by atoms with E-state index in [1.54, 1.807) is 0 Å². The molecule has 1 aromatic rings. The van der Waals surface area contributed by atoms with Crippen molar-refractivity contribution in [3.63, 3.8) is 0 Å². The van der Waals surface area contributed by atoms with E-state index in [0.29, 0.717) is 13.0 Å². The van der Waals surface area contributed by atoms with Crippen molar-refractivity contribution in [1.82, 2.24) is 4.90 Å². The van der Waals surface area contributed by atoms with Crippen molar-refractivity contribution in [3.05, 3.63) is 35.9 Å². The largest absolute Gasteiger partial charge is 0.491 e. The van der Waals surface area contributed by atoms with Crippen molar-refractivity contribution in [2.45, 2.75) is 65.3 Å². The molecule has 1 saturated heterocycles. The summed E-state index contributed by atoms with van der Waals surface area (Å²) in [5.41, 5.74) is 3.56. The first-order valence-corrected chi connectivity index (χ1v) is 9.27. The third-order valence-electron chi connectivity index (χ3n) is 4.77. The van der Waals surface area contributed by atoms with Gasteiger partial charge >= 0.3 is 0 Å². The fraction of sp³-hybridized carbons (Fsp3) is 0.571. The Kier molecular flexibility index (Phi) is 6.89. The lowest BCUT2D eigenvalue weighted by atomic mass is 9.99. The van der Waals surface area contributed by atoms with E-state index in [1.165, 1.54) is 17.5 Å². The van der Waals surface area contributed by atoms with Crippen molar-refractivity contribution < 1.29 is 9.53 Å². The number of amides is 1. The number of hydrogen-bond acceptors (Lipinski definition) is 2. The maximum Gasteiger partial charge on any atom is 0.222 e. The topological polar surface area (TPSA) is 29.5 Å². The number of ether oxygens (including phenoxy) is 1. The van der Waals surface area contributed by atoms with Crippen molar-refractivity contribution in [2.75, 3.05) is 13.2 Å². The fourth-order valence-corrected chi connectivity index (χ4v) is 3.42. The van der Waals surface area contributed by atoms with Crippen molar-refractivity contribution in [1.29, 1.82) is 0 Å². The summed E-state index contributed by atoms with van der Waals surface area (Å²) in [6.45, 7) is 11.8. The number of hydrogen-bond donors (Lipinski definition) is 0. The molecule has 1 aromatic carbocycles. The molecule has 1 aliphatic rings. The summed E-state index contributed by atoms with van der Waals surface area (Å²) in [5, 5.41) is 0. The second-order valence-corrected chi connectivity index (χ2v) is 6.75. The van der Waals surface area contributed by atoms with E-state index < -0.39 is 0 Å². The molecule has 1 atom stereocenters. The molecule has 0 N–H and O–H groups in total. The van der Waals surface area contributed by atoms with Gasteiger partial charge in [-0.25, -0.2) is 0 Å². The average molecular weight is 329 g/mol. The summed E-state index contributed by atoms with van der Waals surface area (Å²) in [4.78, 5) is 14.3. The first-order chi connectivity index (χ1) is 11.6. The lowest BCUT2D eigenvalue weighted by Crippen LogP contribution is -2.46. The van der Waals surface area contributed by atoms with Crippen LogP contribution in [-0.2, 0) is 11.2 Å². The summed E-state index contributed by atoms with van der Waals surface area (Å²) >= 11 is 0. The highest BCUT2D eigenvalue weighted by molar-refractivity contribution is 5.76. The van der Waals surface area contributed by atoms with Crippen LogP contribution in [-0.4, -0.2) is 30.0 Å². The van der Waals surface area contributed by atoms with Crippen LogP contribution >= 0.6 is 0 Å². The van der Waals surface area contributed by atoms with Crippen LogP contribution in [0.5, 0.6) is 5.75 Å². The fourth-order valence-electron chi connectivity index (χ4n) is 3.42. The van der Waals surface area contributed by atoms with Gasteiger partial charge in [-0.3, -0.25) is 4.79 Å². The second kappa shape index (κ2) is 8.91. The number of likely N-dealkylation sites (tertiary alicyclic amines) is 1. The van der Waals surface area contributed by atoms with E-state index in [9.17, 15) is 4.79 Å². The minimum Gasteiger partial charge on any atom is -0.491 e. The maximum atomic E-state index is 12.3. The van der Waals surface area contributed by atoms with Gasteiger partial charge in [0.2, 0.25) is 5.91 Å². The molecule has 0 aromatic heterocycles. The van der Waals surface area contributed by atoms with Crippen LogP contribution in [0.3, 0.4) is 0 Å². The molecule has 0 radical (unpaired) electrons. The smallest absolute Gasteiger partial charge is 0.222 e. The van der Waals surface area contributed by atoms with Crippen molar-refractivity contribution >= 4 is 11.5 Å². The van der Waals surface area contributed by atoms with Gasteiger partial charge in [-0.1, -0.05) is 32.1 Å². The Morgan fingerprint density at radius 2 is 2.12 bits per heavy atom. The molecular weight excluding hydrogens is 298 g/mol. The highest BCUT2D eigenvalue weighted by atomic mass is 16.5. The number of nitrogens with zero attached hydrogens (tertiary/aromatic N) is 1. The molecule has 0 bridgehead atoms. The first-order valence-electron chi connectivity index (χ1n) is 9.27. The normalized spacial score (nSPS) is 17.6. The molecule has 3 nitrogen and oxygen atoms in total. The number of carbonyl (C=O) groups excluding carboxylic acids is 1. The molecule has 0 spiro atoms. The molecule has 3 heteroatoms. The van der Waals surface area contributed by atoms with E-state index in [0.717, 1.165) is 43.6 Å². The van der Waals surface area contributed by atoms with Crippen molar-refractivity contribution in [2.24, 2.45) is 0 Å². The molecule has 0 saturated carbocycles. The number of rotatable bonds is 7. The van der Waals surface area contributed by atoms with Gasteiger partial charge in [0.25, 0.3) is 0 Å². The number of benzene rings is 1. The zero-order chi connectivity index (χ0) is 17.5. The van der Waals surface area contributed by atoms with Crippen LogP contribution in [0, 0.1) is 0 Å². The zero-order valence-corrected chi connectivity index (χ0v) is 15.4. The lowest BCUT2D eigenvalue weighted by Gasteiger charge is -2.35.